The van der Waals surface area contributed by atoms with Crippen LogP contribution in [0.3, 0.4) is 0 Å². The van der Waals surface area contributed by atoms with Crippen LogP contribution < -0.4 is 10.1 Å². The van der Waals surface area contributed by atoms with Gasteiger partial charge >= 0.3 is 0 Å². The van der Waals surface area contributed by atoms with Crippen molar-refractivity contribution in [1.29, 1.82) is 0 Å². The first-order chi connectivity index (χ1) is 14.6. The summed E-state index contributed by atoms with van der Waals surface area (Å²) in [7, 11) is 0. The molecule has 4 aromatic rings. The Kier molecular flexibility index (Phi) is 5.29. The summed E-state index contributed by atoms with van der Waals surface area (Å²) >= 11 is 0. The predicted octanol–water partition coefficient (Wildman–Crippen LogP) is 2.51. The minimum absolute atomic E-state index is 0.000891. The Morgan fingerprint density at radius 1 is 1.03 bits per heavy atom. The smallest absolute Gasteiger partial charge is 0.282 e. The molecule has 0 unspecified atom stereocenters. The van der Waals surface area contributed by atoms with E-state index in [1.165, 1.54) is 18.2 Å². The monoisotopic (exact) mass is 404 g/mol. The molecule has 150 valence electrons. The molecule has 0 aliphatic carbocycles. The maximum Gasteiger partial charge on any atom is 0.282 e. The van der Waals surface area contributed by atoms with Crippen LogP contribution in [0.4, 0.5) is 5.69 Å². The first-order valence-corrected chi connectivity index (χ1v) is 9.06. The molecule has 1 N–H and O–H groups in total. The second-order valence-electron chi connectivity index (χ2n) is 6.21. The first-order valence-electron chi connectivity index (χ1n) is 9.06. The highest BCUT2D eigenvalue weighted by Gasteiger charge is 2.18. The number of hydrogen-bond acceptors (Lipinski definition) is 7. The Bertz CT molecular complexity index is 1210. The number of nitrogens with zero attached hydrogens (tertiary/aromatic N) is 5. The Morgan fingerprint density at radius 3 is 2.60 bits per heavy atom. The van der Waals surface area contributed by atoms with Crippen molar-refractivity contribution in [2.24, 2.45) is 0 Å². The number of nitrogens with one attached hydrogen (secondary N) is 1. The van der Waals surface area contributed by atoms with Crippen molar-refractivity contribution in [2.45, 2.75) is 0 Å². The maximum absolute atomic E-state index is 12.2. The van der Waals surface area contributed by atoms with Crippen molar-refractivity contribution in [3.8, 4) is 17.3 Å². The molecule has 0 radical (unpaired) electrons. The van der Waals surface area contributed by atoms with E-state index in [0.29, 0.717) is 17.4 Å². The maximum atomic E-state index is 12.2. The molecule has 0 saturated heterocycles. The molecule has 10 heteroatoms. The summed E-state index contributed by atoms with van der Waals surface area (Å²) in [5, 5.41) is 26.3. The van der Waals surface area contributed by atoms with E-state index in [4.69, 9.17) is 4.74 Å². The molecule has 0 saturated carbocycles. The Labute approximate surface area is 170 Å². The van der Waals surface area contributed by atoms with Crippen LogP contribution in [0.1, 0.15) is 10.4 Å². The number of aromatic nitrogens is 4. The van der Waals surface area contributed by atoms with Crippen molar-refractivity contribution >= 4 is 17.2 Å². The number of nitro benzene ring substituents is 1. The number of para-hydroxylation sites is 1. The molecule has 2 aromatic carbocycles. The number of amides is 1. The van der Waals surface area contributed by atoms with Gasteiger partial charge in [0.25, 0.3) is 11.6 Å². The molecular formula is C20H16N6O4. The number of rotatable bonds is 7. The van der Waals surface area contributed by atoms with Gasteiger partial charge in [-0.1, -0.05) is 42.5 Å². The zero-order chi connectivity index (χ0) is 20.9. The van der Waals surface area contributed by atoms with Crippen molar-refractivity contribution in [2.75, 3.05) is 13.2 Å². The third kappa shape index (κ3) is 3.92. The number of carbonyl (C=O) groups excluding carboxylic acids is 1. The van der Waals surface area contributed by atoms with Gasteiger partial charge in [-0.05, 0) is 12.1 Å². The molecule has 0 fully saturated rings. The largest absolute Gasteiger partial charge is 0.475 e. The zero-order valence-corrected chi connectivity index (χ0v) is 15.6. The van der Waals surface area contributed by atoms with Crippen LogP contribution in [-0.2, 0) is 0 Å². The minimum atomic E-state index is -0.589. The third-order valence-electron chi connectivity index (χ3n) is 4.25. The van der Waals surface area contributed by atoms with Gasteiger partial charge in [0, 0.05) is 17.7 Å². The predicted molar refractivity (Wildman–Crippen MR) is 107 cm³/mol. The second-order valence-corrected chi connectivity index (χ2v) is 6.21. The molecular weight excluding hydrogens is 388 g/mol. The van der Waals surface area contributed by atoms with Crippen molar-refractivity contribution in [3.63, 3.8) is 0 Å². The van der Waals surface area contributed by atoms with Gasteiger partial charge in [0.05, 0.1) is 11.5 Å². The normalized spacial score (nSPS) is 10.7. The molecule has 0 aliphatic rings. The molecule has 0 spiro atoms. The van der Waals surface area contributed by atoms with Crippen molar-refractivity contribution in [3.05, 3.63) is 82.4 Å². The van der Waals surface area contributed by atoms with Crippen molar-refractivity contribution in [1.82, 2.24) is 25.1 Å². The minimum Gasteiger partial charge on any atom is -0.475 e. The lowest BCUT2D eigenvalue weighted by atomic mass is 10.1. The Morgan fingerprint density at radius 2 is 1.80 bits per heavy atom. The third-order valence-corrected chi connectivity index (χ3v) is 4.25. The Hall–Kier alpha value is -4.34. The number of benzene rings is 2. The molecule has 10 nitrogen and oxygen atoms in total. The molecule has 2 aromatic heterocycles. The highest BCUT2D eigenvalue weighted by molar-refractivity contribution is 5.98. The summed E-state index contributed by atoms with van der Waals surface area (Å²) in [5.41, 5.74) is 1.19. The fourth-order valence-electron chi connectivity index (χ4n) is 2.86. The van der Waals surface area contributed by atoms with Crippen LogP contribution in [0.2, 0.25) is 0 Å². The van der Waals surface area contributed by atoms with E-state index in [2.05, 4.69) is 20.6 Å². The highest BCUT2D eigenvalue weighted by Crippen LogP contribution is 2.19. The van der Waals surface area contributed by atoms with Gasteiger partial charge in [-0.25, -0.2) is 0 Å². The lowest BCUT2D eigenvalue weighted by molar-refractivity contribution is -0.385. The van der Waals surface area contributed by atoms with E-state index >= 15 is 0 Å². The fraction of sp³-hybridized carbons (Fsp3) is 0.100. The standard InChI is InChI=1S/C20H16N6O4/c27-20(15-8-4-5-9-16(15)26(28)29)21-12-13-30-18-11-10-17-22-23-19(25(17)24-18)14-6-2-1-3-7-14/h1-11H,12-13H2,(H,21,27). The van der Waals surface area contributed by atoms with Gasteiger partial charge in [0.2, 0.25) is 5.88 Å². The first kappa shape index (κ1) is 19.0. The molecule has 2 heterocycles. The summed E-state index contributed by atoms with van der Waals surface area (Å²) in [6, 6.07) is 18.7. The Balaban J connectivity index is 1.40. The van der Waals surface area contributed by atoms with Gasteiger partial charge < -0.3 is 10.1 Å². The average Bonchev–Trinajstić information content (AvgIpc) is 3.20. The summed E-state index contributed by atoms with van der Waals surface area (Å²) in [6.07, 6.45) is 0. The number of carbonyl (C=O) groups is 1. The molecule has 4 rings (SSSR count). The SMILES string of the molecule is O=C(NCCOc1ccc2nnc(-c3ccccc3)n2n1)c1ccccc1[N+](=O)[O-]. The topological polar surface area (TPSA) is 125 Å². The highest BCUT2D eigenvalue weighted by atomic mass is 16.6. The average molecular weight is 404 g/mol. The zero-order valence-electron chi connectivity index (χ0n) is 15.6. The quantitative estimate of drug-likeness (QED) is 0.285. The van der Waals surface area contributed by atoms with Gasteiger partial charge in [-0.2, -0.15) is 4.52 Å². The number of fused-ring (bicyclic) bond motifs is 1. The summed E-state index contributed by atoms with van der Waals surface area (Å²) < 4.78 is 7.18. The summed E-state index contributed by atoms with van der Waals surface area (Å²) in [4.78, 5) is 22.7. The summed E-state index contributed by atoms with van der Waals surface area (Å²) in [5.74, 6) is 0.375. The molecule has 0 aliphatic heterocycles. The fourth-order valence-corrected chi connectivity index (χ4v) is 2.86. The second kappa shape index (κ2) is 8.35. The van der Waals surface area contributed by atoms with E-state index in [0.717, 1.165) is 5.56 Å². The lowest BCUT2D eigenvalue weighted by Crippen LogP contribution is -2.28. The van der Waals surface area contributed by atoms with Crippen LogP contribution in [0.15, 0.2) is 66.7 Å². The van der Waals surface area contributed by atoms with E-state index in [-0.39, 0.29) is 24.4 Å². The molecule has 1 amide bonds. The van der Waals surface area contributed by atoms with E-state index in [9.17, 15) is 14.9 Å². The molecule has 30 heavy (non-hydrogen) atoms. The number of hydrogen-bond donors (Lipinski definition) is 1. The van der Waals surface area contributed by atoms with Gasteiger partial charge in [0.15, 0.2) is 11.5 Å². The number of ether oxygens (including phenoxy) is 1. The van der Waals surface area contributed by atoms with Crippen LogP contribution in [0.25, 0.3) is 17.0 Å². The van der Waals surface area contributed by atoms with Crippen LogP contribution >= 0.6 is 0 Å². The van der Waals surface area contributed by atoms with Crippen molar-refractivity contribution < 1.29 is 14.5 Å². The van der Waals surface area contributed by atoms with E-state index in [1.54, 1.807) is 22.7 Å². The lowest BCUT2D eigenvalue weighted by Gasteiger charge is -2.08. The molecule has 0 atom stereocenters. The van der Waals surface area contributed by atoms with Crippen LogP contribution in [0, 0.1) is 10.1 Å². The summed E-state index contributed by atoms with van der Waals surface area (Å²) in [6.45, 7) is 0.284. The van der Waals surface area contributed by atoms with Gasteiger partial charge in [-0.3, -0.25) is 14.9 Å². The molecule has 0 bridgehead atoms. The van der Waals surface area contributed by atoms with Crippen LogP contribution in [-0.4, -0.2) is 43.8 Å². The van der Waals surface area contributed by atoms with E-state index in [1.807, 2.05) is 30.3 Å². The van der Waals surface area contributed by atoms with E-state index < -0.39 is 10.8 Å². The van der Waals surface area contributed by atoms with Gasteiger partial charge in [0.1, 0.15) is 12.2 Å². The van der Waals surface area contributed by atoms with Gasteiger partial charge in [-0.15, -0.1) is 15.3 Å². The number of nitro groups is 1. The van der Waals surface area contributed by atoms with Crippen LogP contribution in [0.5, 0.6) is 5.88 Å².